The SMILES string of the molecule is CN(CC(=O)Nc1ccc(Br)cn1)C(=O)c1cccnc1. The lowest BCUT2D eigenvalue weighted by Gasteiger charge is -2.16. The maximum Gasteiger partial charge on any atom is 0.255 e. The number of nitrogens with zero attached hydrogens (tertiary/aromatic N) is 3. The monoisotopic (exact) mass is 348 g/mol. The summed E-state index contributed by atoms with van der Waals surface area (Å²) in [6.07, 6.45) is 4.63. The second kappa shape index (κ2) is 6.94. The van der Waals surface area contributed by atoms with Gasteiger partial charge in [0.2, 0.25) is 5.91 Å². The molecule has 0 aliphatic heterocycles. The van der Waals surface area contributed by atoms with E-state index in [1.807, 2.05) is 0 Å². The maximum atomic E-state index is 12.1. The number of rotatable bonds is 4. The van der Waals surface area contributed by atoms with E-state index in [1.54, 1.807) is 43.7 Å². The highest BCUT2D eigenvalue weighted by atomic mass is 79.9. The molecule has 2 heterocycles. The van der Waals surface area contributed by atoms with E-state index in [4.69, 9.17) is 0 Å². The van der Waals surface area contributed by atoms with Gasteiger partial charge in [-0.3, -0.25) is 14.6 Å². The first-order valence-electron chi connectivity index (χ1n) is 6.13. The van der Waals surface area contributed by atoms with Crippen LogP contribution in [0, 0.1) is 0 Å². The van der Waals surface area contributed by atoms with Gasteiger partial charge in [-0.1, -0.05) is 0 Å². The molecule has 1 N–H and O–H groups in total. The summed E-state index contributed by atoms with van der Waals surface area (Å²) in [5.74, 6) is -0.142. The van der Waals surface area contributed by atoms with Crippen LogP contribution in [0.4, 0.5) is 5.82 Å². The normalized spacial score (nSPS) is 10.0. The zero-order chi connectivity index (χ0) is 15.2. The first-order valence-corrected chi connectivity index (χ1v) is 6.92. The average molecular weight is 349 g/mol. The molecule has 108 valence electrons. The van der Waals surface area contributed by atoms with Gasteiger partial charge in [-0.05, 0) is 40.2 Å². The molecule has 0 aromatic carbocycles. The van der Waals surface area contributed by atoms with Crippen molar-refractivity contribution in [1.82, 2.24) is 14.9 Å². The van der Waals surface area contributed by atoms with Crippen molar-refractivity contribution < 1.29 is 9.59 Å². The number of hydrogen-bond donors (Lipinski definition) is 1. The summed E-state index contributed by atoms with van der Waals surface area (Å²) in [5.41, 5.74) is 0.439. The van der Waals surface area contributed by atoms with Crippen LogP contribution < -0.4 is 5.32 Å². The number of halogens is 1. The lowest BCUT2D eigenvalue weighted by molar-refractivity contribution is -0.116. The zero-order valence-electron chi connectivity index (χ0n) is 11.3. The fourth-order valence-electron chi connectivity index (χ4n) is 1.63. The quantitative estimate of drug-likeness (QED) is 0.916. The number of hydrogen-bond acceptors (Lipinski definition) is 4. The third-order valence-electron chi connectivity index (χ3n) is 2.63. The van der Waals surface area contributed by atoms with Gasteiger partial charge in [0.15, 0.2) is 0 Å². The third-order valence-corrected chi connectivity index (χ3v) is 3.10. The van der Waals surface area contributed by atoms with Gasteiger partial charge in [-0.15, -0.1) is 0 Å². The Kier molecular flexibility index (Phi) is 4.99. The highest BCUT2D eigenvalue weighted by Gasteiger charge is 2.15. The fraction of sp³-hybridized carbons (Fsp3) is 0.143. The summed E-state index contributed by atoms with van der Waals surface area (Å²) in [7, 11) is 1.56. The van der Waals surface area contributed by atoms with Crippen molar-refractivity contribution in [3.8, 4) is 0 Å². The van der Waals surface area contributed by atoms with Crippen LogP contribution in [-0.4, -0.2) is 40.3 Å². The minimum atomic E-state index is -0.315. The summed E-state index contributed by atoms with van der Waals surface area (Å²) in [6, 6.07) is 6.77. The fourth-order valence-corrected chi connectivity index (χ4v) is 1.86. The van der Waals surface area contributed by atoms with E-state index in [9.17, 15) is 9.59 Å². The Morgan fingerprint density at radius 3 is 2.71 bits per heavy atom. The molecule has 0 unspecified atom stereocenters. The highest BCUT2D eigenvalue weighted by molar-refractivity contribution is 9.10. The Balaban J connectivity index is 1.93. The van der Waals surface area contributed by atoms with Crippen molar-refractivity contribution in [3.05, 3.63) is 52.9 Å². The molecule has 2 aromatic rings. The molecule has 2 amide bonds. The molecule has 2 aromatic heterocycles. The van der Waals surface area contributed by atoms with Gasteiger partial charge in [0, 0.05) is 30.1 Å². The topological polar surface area (TPSA) is 75.2 Å². The summed E-state index contributed by atoms with van der Waals surface area (Å²) in [6.45, 7) is -0.0640. The number of nitrogens with one attached hydrogen (secondary N) is 1. The van der Waals surface area contributed by atoms with Gasteiger partial charge in [0.05, 0.1) is 12.1 Å². The summed E-state index contributed by atoms with van der Waals surface area (Å²) >= 11 is 3.26. The van der Waals surface area contributed by atoms with E-state index < -0.39 is 0 Å². The summed E-state index contributed by atoms with van der Waals surface area (Å²) in [4.78, 5) is 33.2. The predicted molar refractivity (Wildman–Crippen MR) is 81.8 cm³/mol. The van der Waals surface area contributed by atoms with Crippen LogP contribution in [0.5, 0.6) is 0 Å². The Labute approximate surface area is 130 Å². The molecule has 0 radical (unpaired) electrons. The smallest absolute Gasteiger partial charge is 0.255 e. The lowest BCUT2D eigenvalue weighted by atomic mass is 10.2. The number of carbonyl (C=O) groups is 2. The molecule has 0 saturated carbocycles. The molecule has 2 rings (SSSR count). The first kappa shape index (κ1) is 15.1. The largest absolute Gasteiger partial charge is 0.332 e. The van der Waals surface area contributed by atoms with Crippen molar-refractivity contribution in [2.24, 2.45) is 0 Å². The average Bonchev–Trinajstić information content (AvgIpc) is 2.49. The van der Waals surface area contributed by atoms with E-state index in [-0.39, 0.29) is 18.4 Å². The van der Waals surface area contributed by atoms with E-state index in [1.165, 1.54) is 11.1 Å². The highest BCUT2D eigenvalue weighted by Crippen LogP contribution is 2.10. The van der Waals surface area contributed by atoms with E-state index >= 15 is 0 Å². The minimum Gasteiger partial charge on any atom is -0.332 e. The van der Waals surface area contributed by atoms with Crippen molar-refractivity contribution in [1.29, 1.82) is 0 Å². The zero-order valence-corrected chi connectivity index (χ0v) is 12.9. The lowest BCUT2D eigenvalue weighted by Crippen LogP contribution is -2.35. The van der Waals surface area contributed by atoms with Crippen LogP contribution in [0.25, 0.3) is 0 Å². The standard InChI is InChI=1S/C14H13BrN4O2/c1-19(14(21)10-3-2-6-16-7-10)9-13(20)18-12-5-4-11(15)8-17-12/h2-8H,9H2,1H3,(H,17,18,20). The number of carbonyl (C=O) groups excluding carboxylic acids is 2. The number of pyridine rings is 2. The Morgan fingerprint density at radius 1 is 1.29 bits per heavy atom. The van der Waals surface area contributed by atoms with Gasteiger partial charge in [0.1, 0.15) is 5.82 Å². The van der Waals surface area contributed by atoms with Crippen LogP contribution in [0.1, 0.15) is 10.4 Å². The molecule has 6 nitrogen and oxygen atoms in total. The minimum absolute atomic E-state index is 0.0640. The number of aromatic nitrogens is 2. The molecule has 0 aliphatic rings. The number of anilines is 1. The maximum absolute atomic E-state index is 12.1. The molecule has 0 saturated heterocycles. The van der Waals surface area contributed by atoms with Crippen LogP contribution >= 0.6 is 15.9 Å². The Bertz CT molecular complexity index is 631. The Morgan fingerprint density at radius 2 is 2.10 bits per heavy atom. The van der Waals surface area contributed by atoms with Gasteiger partial charge in [0.25, 0.3) is 5.91 Å². The van der Waals surface area contributed by atoms with E-state index in [2.05, 4.69) is 31.2 Å². The van der Waals surface area contributed by atoms with Gasteiger partial charge in [-0.2, -0.15) is 0 Å². The molecular formula is C14H13BrN4O2. The molecule has 0 atom stereocenters. The second-order valence-corrected chi connectivity index (χ2v) is 5.23. The van der Waals surface area contributed by atoms with Crippen molar-refractivity contribution in [2.45, 2.75) is 0 Å². The second-order valence-electron chi connectivity index (χ2n) is 4.31. The number of amides is 2. The predicted octanol–water partition coefficient (Wildman–Crippen LogP) is 1.95. The molecule has 21 heavy (non-hydrogen) atoms. The number of likely N-dealkylation sites (N-methyl/N-ethyl adjacent to an activating group) is 1. The molecule has 0 spiro atoms. The molecule has 7 heteroatoms. The Hall–Kier alpha value is -2.28. The van der Waals surface area contributed by atoms with Gasteiger partial charge < -0.3 is 10.2 Å². The molecule has 0 bridgehead atoms. The van der Waals surface area contributed by atoms with Crippen LogP contribution in [-0.2, 0) is 4.79 Å². The molecular weight excluding hydrogens is 336 g/mol. The molecule has 0 aliphatic carbocycles. The summed E-state index contributed by atoms with van der Waals surface area (Å²) < 4.78 is 0.823. The van der Waals surface area contributed by atoms with Gasteiger partial charge >= 0.3 is 0 Å². The van der Waals surface area contributed by atoms with Crippen LogP contribution in [0.2, 0.25) is 0 Å². The summed E-state index contributed by atoms with van der Waals surface area (Å²) in [5, 5.41) is 2.63. The van der Waals surface area contributed by atoms with Crippen LogP contribution in [0.3, 0.4) is 0 Å². The van der Waals surface area contributed by atoms with Crippen molar-refractivity contribution in [2.75, 3.05) is 18.9 Å². The molecule has 0 fully saturated rings. The van der Waals surface area contributed by atoms with Crippen LogP contribution in [0.15, 0.2) is 47.3 Å². The van der Waals surface area contributed by atoms with E-state index in [0.29, 0.717) is 11.4 Å². The van der Waals surface area contributed by atoms with Gasteiger partial charge in [-0.25, -0.2) is 4.98 Å². The van der Waals surface area contributed by atoms with Crippen molar-refractivity contribution >= 4 is 33.6 Å². The van der Waals surface area contributed by atoms with E-state index in [0.717, 1.165) is 4.47 Å². The third kappa shape index (κ3) is 4.35. The first-order chi connectivity index (χ1) is 10.1. The van der Waals surface area contributed by atoms with Crippen molar-refractivity contribution in [3.63, 3.8) is 0 Å².